The van der Waals surface area contributed by atoms with Gasteiger partial charge in [0.15, 0.2) is 12.6 Å². The third-order valence-corrected chi connectivity index (χ3v) is 4.46. The Balaban J connectivity index is 1.97. The predicted octanol–water partition coefficient (Wildman–Crippen LogP) is 2.01. The SMILES string of the molecule is CCNC(=NCc1cccc(OCC(N)=O)c1)NC1CCCN(C(=O)OC(C)(C)C)C1. The number of nitrogens with zero attached hydrogens (tertiary/aromatic N) is 2. The molecule has 1 aliphatic rings. The molecule has 0 saturated carbocycles. The number of nitrogens with one attached hydrogen (secondary N) is 2. The lowest BCUT2D eigenvalue weighted by atomic mass is 10.1. The summed E-state index contributed by atoms with van der Waals surface area (Å²) in [6, 6.07) is 7.48. The van der Waals surface area contributed by atoms with E-state index in [0.29, 0.717) is 31.3 Å². The van der Waals surface area contributed by atoms with Gasteiger partial charge in [0.2, 0.25) is 0 Å². The molecule has 1 aromatic carbocycles. The zero-order valence-corrected chi connectivity index (χ0v) is 18.9. The fourth-order valence-corrected chi connectivity index (χ4v) is 3.16. The van der Waals surface area contributed by atoms with Crippen LogP contribution >= 0.6 is 0 Å². The van der Waals surface area contributed by atoms with Gasteiger partial charge in [-0.3, -0.25) is 4.79 Å². The Morgan fingerprint density at radius 1 is 1.32 bits per heavy atom. The molecule has 1 saturated heterocycles. The lowest BCUT2D eigenvalue weighted by Crippen LogP contribution is -2.53. The molecule has 1 heterocycles. The van der Waals surface area contributed by atoms with Gasteiger partial charge in [-0.05, 0) is 58.2 Å². The number of carbonyl (C=O) groups excluding carboxylic acids is 2. The van der Waals surface area contributed by atoms with E-state index >= 15 is 0 Å². The Kier molecular flexibility index (Phi) is 8.96. The van der Waals surface area contributed by atoms with Crippen molar-refractivity contribution in [2.75, 3.05) is 26.2 Å². The van der Waals surface area contributed by atoms with E-state index < -0.39 is 11.5 Å². The number of aliphatic imine (C=N–C) groups is 1. The topological polar surface area (TPSA) is 118 Å². The standard InChI is InChI=1S/C22H35N5O4/c1-5-24-20(25-13-16-8-6-10-18(12-16)30-15-19(23)28)26-17-9-7-11-27(14-17)21(29)31-22(2,3)4/h6,8,10,12,17H,5,7,9,11,13-15H2,1-4H3,(H2,23,28)(H2,24,25,26). The summed E-state index contributed by atoms with van der Waals surface area (Å²) in [5, 5.41) is 6.68. The third-order valence-electron chi connectivity index (χ3n) is 4.46. The van der Waals surface area contributed by atoms with E-state index in [4.69, 9.17) is 15.2 Å². The summed E-state index contributed by atoms with van der Waals surface area (Å²) < 4.78 is 10.9. The van der Waals surface area contributed by atoms with E-state index in [1.165, 1.54) is 0 Å². The summed E-state index contributed by atoms with van der Waals surface area (Å²) in [4.78, 5) is 29.7. The number of rotatable bonds is 7. The van der Waals surface area contributed by atoms with Crippen LogP contribution in [0.1, 0.15) is 46.1 Å². The van der Waals surface area contributed by atoms with Gasteiger partial charge >= 0.3 is 6.09 Å². The molecule has 0 bridgehead atoms. The summed E-state index contributed by atoms with van der Waals surface area (Å²) in [7, 11) is 0. The molecule has 9 nitrogen and oxygen atoms in total. The number of likely N-dealkylation sites (tertiary alicyclic amines) is 1. The molecule has 2 rings (SSSR count). The highest BCUT2D eigenvalue weighted by Gasteiger charge is 2.28. The van der Waals surface area contributed by atoms with Gasteiger partial charge in [-0.2, -0.15) is 0 Å². The molecule has 0 spiro atoms. The first-order chi connectivity index (χ1) is 14.7. The van der Waals surface area contributed by atoms with Crippen LogP contribution in [0.3, 0.4) is 0 Å². The van der Waals surface area contributed by atoms with Gasteiger partial charge in [0, 0.05) is 25.7 Å². The molecule has 0 radical (unpaired) electrons. The zero-order valence-electron chi connectivity index (χ0n) is 18.9. The van der Waals surface area contributed by atoms with Crippen LogP contribution in [0.15, 0.2) is 29.3 Å². The first kappa shape index (κ1) is 24.3. The number of primary amides is 1. The van der Waals surface area contributed by atoms with E-state index in [9.17, 15) is 9.59 Å². The van der Waals surface area contributed by atoms with Crippen molar-refractivity contribution >= 4 is 18.0 Å². The Labute approximate surface area is 184 Å². The second-order valence-corrected chi connectivity index (χ2v) is 8.51. The van der Waals surface area contributed by atoms with Crippen molar-refractivity contribution in [3.63, 3.8) is 0 Å². The quantitative estimate of drug-likeness (QED) is 0.447. The molecule has 2 amide bonds. The van der Waals surface area contributed by atoms with Crippen LogP contribution in [0.5, 0.6) is 5.75 Å². The fourth-order valence-electron chi connectivity index (χ4n) is 3.16. The van der Waals surface area contributed by atoms with Gasteiger partial charge < -0.3 is 30.7 Å². The number of hydrogen-bond donors (Lipinski definition) is 3. The van der Waals surface area contributed by atoms with Gasteiger partial charge in [0.1, 0.15) is 11.4 Å². The highest BCUT2D eigenvalue weighted by molar-refractivity contribution is 5.80. The second-order valence-electron chi connectivity index (χ2n) is 8.51. The normalized spacial score (nSPS) is 17.1. The Morgan fingerprint density at radius 2 is 2.10 bits per heavy atom. The zero-order chi connectivity index (χ0) is 22.9. The number of piperidine rings is 1. The van der Waals surface area contributed by atoms with Crippen molar-refractivity contribution in [2.24, 2.45) is 10.7 Å². The number of ether oxygens (including phenoxy) is 2. The van der Waals surface area contributed by atoms with Gasteiger partial charge in [-0.1, -0.05) is 12.1 Å². The predicted molar refractivity (Wildman–Crippen MR) is 120 cm³/mol. The van der Waals surface area contributed by atoms with Crippen molar-refractivity contribution in [1.29, 1.82) is 0 Å². The Bertz CT molecular complexity index is 775. The highest BCUT2D eigenvalue weighted by atomic mass is 16.6. The van der Waals surface area contributed by atoms with Gasteiger partial charge in [0.25, 0.3) is 5.91 Å². The second kappa shape index (κ2) is 11.4. The van der Waals surface area contributed by atoms with Crippen LogP contribution in [-0.4, -0.2) is 60.7 Å². The minimum atomic E-state index is -0.519. The van der Waals surface area contributed by atoms with Crippen LogP contribution in [0, 0.1) is 0 Å². The number of carbonyl (C=O) groups is 2. The van der Waals surface area contributed by atoms with Crippen molar-refractivity contribution in [2.45, 2.75) is 58.7 Å². The van der Waals surface area contributed by atoms with Gasteiger partial charge in [0.05, 0.1) is 6.54 Å². The number of benzene rings is 1. The van der Waals surface area contributed by atoms with Crippen molar-refractivity contribution in [1.82, 2.24) is 15.5 Å². The van der Waals surface area contributed by atoms with E-state index in [1.54, 1.807) is 11.0 Å². The molecule has 1 aromatic rings. The van der Waals surface area contributed by atoms with Crippen LogP contribution < -0.4 is 21.1 Å². The molecule has 0 aromatic heterocycles. The van der Waals surface area contributed by atoms with Crippen LogP contribution in [0.4, 0.5) is 4.79 Å². The summed E-state index contributed by atoms with van der Waals surface area (Å²) in [5.41, 5.74) is 5.56. The van der Waals surface area contributed by atoms with Crippen molar-refractivity contribution in [3.05, 3.63) is 29.8 Å². The maximum absolute atomic E-state index is 12.4. The Hall–Kier alpha value is -2.97. The third kappa shape index (κ3) is 9.15. The van der Waals surface area contributed by atoms with E-state index in [1.807, 2.05) is 45.9 Å². The smallest absolute Gasteiger partial charge is 0.410 e. The molecule has 0 aliphatic carbocycles. The summed E-state index contributed by atoms with van der Waals surface area (Å²) in [6.07, 6.45) is 1.56. The van der Waals surface area contributed by atoms with Crippen molar-refractivity contribution in [3.8, 4) is 5.75 Å². The van der Waals surface area contributed by atoms with Crippen LogP contribution in [0.25, 0.3) is 0 Å². The van der Waals surface area contributed by atoms with E-state index in [0.717, 1.165) is 24.9 Å². The van der Waals surface area contributed by atoms with Crippen LogP contribution in [0.2, 0.25) is 0 Å². The number of nitrogens with two attached hydrogens (primary N) is 1. The summed E-state index contributed by atoms with van der Waals surface area (Å²) in [5.74, 6) is 0.738. The molecular formula is C22H35N5O4. The summed E-state index contributed by atoms with van der Waals surface area (Å²) in [6.45, 7) is 9.86. The number of amides is 2. The minimum absolute atomic E-state index is 0.0873. The monoisotopic (exact) mass is 433 g/mol. The maximum atomic E-state index is 12.4. The Morgan fingerprint density at radius 3 is 2.77 bits per heavy atom. The maximum Gasteiger partial charge on any atom is 0.410 e. The van der Waals surface area contributed by atoms with E-state index in [2.05, 4.69) is 15.6 Å². The van der Waals surface area contributed by atoms with Crippen LogP contribution in [-0.2, 0) is 16.1 Å². The van der Waals surface area contributed by atoms with E-state index in [-0.39, 0.29) is 18.7 Å². The highest BCUT2D eigenvalue weighted by Crippen LogP contribution is 2.16. The van der Waals surface area contributed by atoms with Crippen molar-refractivity contribution < 1.29 is 19.1 Å². The molecule has 172 valence electrons. The fraction of sp³-hybridized carbons (Fsp3) is 0.591. The van der Waals surface area contributed by atoms with Gasteiger partial charge in [-0.15, -0.1) is 0 Å². The molecule has 1 fully saturated rings. The molecule has 1 atom stereocenters. The largest absolute Gasteiger partial charge is 0.484 e. The first-order valence-electron chi connectivity index (χ1n) is 10.7. The average Bonchev–Trinajstić information content (AvgIpc) is 2.70. The molecular weight excluding hydrogens is 398 g/mol. The molecule has 4 N–H and O–H groups in total. The average molecular weight is 434 g/mol. The van der Waals surface area contributed by atoms with Gasteiger partial charge in [-0.25, -0.2) is 9.79 Å². The molecule has 31 heavy (non-hydrogen) atoms. The first-order valence-corrected chi connectivity index (χ1v) is 10.7. The minimum Gasteiger partial charge on any atom is -0.484 e. The number of hydrogen-bond acceptors (Lipinski definition) is 5. The molecule has 1 aliphatic heterocycles. The summed E-state index contributed by atoms with van der Waals surface area (Å²) >= 11 is 0. The number of guanidine groups is 1. The molecule has 9 heteroatoms. The lowest BCUT2D eigenvalue weighted by molar-refractivity contribution is -0.119. The molecule has 1 unspecified atom stereocenters. The lowest BCUT2D eigenvalue weighted by Gasteiger charge is -2.35.